The number of benzene rings is 1. The number of carbonyl (C=O) groups excluding carboxylic acids is 1. The summed E-state index contributed by atoms with van der Waals surface area (Å²) < 4.78 is 12.7. The molecule has 2 heterocycles. The van der Waals surface area contributed by atoms with Crippen LogP contribution in [-0.4, -0.2) is 29.8 Å². The molecule has 0 aliphatic carbocycles. The third kappa shape index (κ3) is 4.81. The van der Waals surface area contributed by atoms with Crippen molar-refractivity contribution in [1.82, 2.24) is 10.3 Å². The van der Waals surface area contributed by atoms with Gasteiger partial charge in [0, 0.05) is 0 Å². The molecule has 0 spiro atoms. The summed E-state index contributed by atoms with van der Waals surface area (Å²) in [5.74, 6) is 0.570. The monoisotopic (exact) mass is 403 g/mol. The Morgan fingerprint density at radius 3 is 2.86 bits per heavy atom. The predicted molar refractivity (Wildman–Crippen MR) is 110 cm³/mol. The van der Waals surface area contributed by atoms with Gasteiger partial charge in [-0.05, 0) is 45.7 Å². The number of aromatic nitrogens is 2. The van der Waals surface area contributed by atoms with Crippen LogP contribution in [0.4, 0.5) is 4.79 Å². The minimum Gasteiger partial charge on any atom is -0.618 e. The van der Waals surface area contributed by atoms with Gasteiger partial charge in [-0.2, -0.15) is 4.73 Å². The minimum atomic E-state index is -0.538. The molecule has 150 valence electrons. The van der Waals surface area contributed by atoms with Crippen molar-refractivity contribution in [3.8, 4) is 5.75 Å². The number of rotatable bonds is 6. The molecule has 0 saturated heterocycles. The zero-order valence-electron chi connectivity index (χ0n) is 16.6. The smallest absolute Gasteiger partial charge is 0.407 e. The second kappa shape index (κ2) is 8.18. The number of alkyl carbamates (subject to hydrolysis) is 1. The Morgan fingerprint density at radius 1 is 1.36 bits per heavy atom. The Balaban J connectivity index is 1.69. The summed E-state index contributed by atoms with van der Waals surface area (Å²) in [6, 6.07) is 5.43. The first-order valence-electron chi connectivity index (χ1n) is 9.32. The molecule has 1 aromatic carbocycles. The van der Waals surface area contributed by atoms with Crippen LogP contribution < -0.4 is 14.8 Å². The first kappa shape index (κ1) is 20.1. The fraction of sp³-hybridized carbons (Fsp3) is 0.450. The minimum absolute atomic E-state index is 0.271. The Kier molecular flexibility index (Phi) is 5.88. The SMILES string of the molecule is CCCc1nc2c[n+]([O-])c3cc(OCCNC(=O)OC(C)(C)C)ccc3c2s1. The van der Waals surface area contributed by atoms with E-state index in [1.807, 2.05) is 32.9 Å². The van der Waals surface area contributed by atoms with Gasteiger partial charge in [0.25, 0.3) is 0 Å². The summed E-state index contributed by atoms with van der Waals surface area (Å²) in [5.41, 5.74) is 0.729. The predicted octanol–water partition coefficient (Wildman–Crippen LogP) is 3.94. The average Bonchev–Trinajstić information content (AvgIpc) is 3.00. The molecule has 0 aliphatic rings. The van der Waals surface area contributed by atoms with Crippen LogP contribution in [-0.2, 0) is 11.2 Å². The van der Waals surface area contributed by atoms with Gasteiger partial charge in [0.1, 0.15) is 23.5 Å². The summed E-state index contributed by atoms with van der Waals surface area (Å²) in [4.78, 5) is 16.2. The molecular weight excluding hydrogens is 378 g/mol. The lowest BCUT2D eigenvalue weighted by atomic mass is 10.2. The van der Waals surface area contributed by atoms with Gasteiger partial charge in [0.2, 0.25) is 11.7 Å². The number of nitrogens with one attached hydrogen (secondary N) is 1. The summed E-state index contributed by atoms with van der Waals surface area (Å²) in [6.07, 6.45) is 2.96. The van der Waals surface area contributed by atoms with Crippen LogP contribution in [0.2, 0.25) is 0 Å². The van der Waals surface area contributed by atoms with Crippen LogP contribution in [0.15, 0.2) is 24.4 Å². The molecule has 28 heavy (non-hydrogen) atoms. The fourth-order valence-corrected chi connectivity index (χ4v) is 3.94. The number of hydrogen-bond acceptors (Lipinski definition) is 6. The molecule has 0 fully saturated rings. The first-order chi connectivity index (χ1) is 13.3. The van der Waals surface area contributed by atoms with Crippen molar-refractivity contribution in [2.75, 3.05) is 13.2 Å². The van der Waals surface area contributed by atoms with Crippen molar-refractivity contribution in [3.05, 3.63) is 34.6 Å². The number of carbonyl (C=O) groups is 1. The Labute approximate surface area is 167 Å². The number of hydrogen-bond donors (Lipinski definition) is 1. The average molecular weight is 404 g/mol. The van der Waals surface area contributed by atoms with Crippen LogP contribution >= 0.6 is 11.3 Å². The van der Waals surface area contributed by atoms with Gasteiger partial charge in [0.15, 0.2) is 0 Å². The molecule has 0 aliphatic heterocycles. The summed E-state index contributed by atoms with van der Waals surface area (Å²) in [6.45, 7) is 8.11. The largest absolute Gasteiger partial charge is 0.618 e. The molecule has 1 N–H and O–H groups in total. The maximum absolute atomic E-state index is 12.4. The second-order valence-electron chi connectivity index (χ2n) is 7.48. The number of ether oxygens (including phenoxy) is 2. The number of amides is 1. The summed E-state index contributed by atoms with van der Waals surface area (Å²) in [5, 5.41) is 17.0. The van der Waals surface area contributed by atoms with Gasteiger partial charge in [-0.25, -0.2) is 9.78 Å². The third-order valence-electron chi connectivity index (χ3n) is 3.89. The Hall–Kier alpha value is -2.61. The van der Waals surface area contributed by atoms with Crippen molar-refractivity contribution in [2.24, 2.45) is 0 Å². The molecule has 2 aromatic heterocycles. The van der Waals surface area contributed by atoms with Gasteiger partial charge in [-0.3, -0.25) is 0 Å². The number of thiazole rings is 1. The highest BCUT2D eigenvalue weighted by molar-refractivity contribution is 7.19. The first-order valence-corrected chi connectivity index (χ1v) is 10.1. The third-order valence-corrected chi connectivity index (χ3v) is 5.06. The van der Waals surface area contributed by atoms with Crippen molar-refractivity contribution < 1.29 is 19.0 Å². The number of aryl methyl sites for hydroxylation is 1. The van der Waals surface area contributed by atoms with Gasteiger partial charge >= 0.3 is 6.09 Å². The summed E-state index contributed by atoms with van der Waals surface area (Å²) >= 11 is 1.63. The molecule has 0 atom stereocenters. The van der Waals surface area contributed by atoms with Gasteiger partial charge in [-0.15, -0.1) is 11.3 Å². The van der Waals surface area contributed by atoms with Crippen molar-refractivity contribution in [3.63, 3.8) is 0 Å². The molecule has 0 radical (unpaired) electrons. The van der Waals surface area contributed by atoms with Crippen LogP contribution in [0.25, 0.3) is 21.1 Å². The molecule has 3 aromatic rings. The van der Waals surface area contributed by atoms with E-state index in [1.54, 1.807) is 17.4 Å². The lowest BCUT2D eigenvalue weighted by Crippen LogP contribution is -2.34. The maximum atomic E-state index is 12.4. The molecule has 8 heteroatoms. The quantitative estimate of drug-likeness (QED) is 0.383. The Bertz CT molecular complexity index is 994. The highest BCUT2D eigenvalue weighted by atomic mass is 32.1. The molecule has 3 rings (SSSR count). The van der Waals surface area contributed by atoms with Gasteiger partial charge in [0.05, 0.1) is 27.7 Å². The normalized spacial score (nSPS) is 11.7. The van der Waals surface area contributed by atoms with E-state index in [4.69, 9.17) is 9.47 Å². The molecule has 1 amide bonds. The zero-order valence-corrected chi connectivity index (χ0v) is 17.4. The van der Waals surface area contributed by atoms with Crippen LogP contribution in [0.1, 0.15) is 39.1 Å². The number of pyridine rings is 1. The van der Waals surface area contributed by atoms with E-state index in [2.05, 4.69) is 17.2 Å². The second-order valence-corrected chi connectivity index (χ2v) is 8.57. The lowest BCUT2D eigenvalue weighted by Gasteiger charge is -2.19. The van der Waals surface area contributed by atoms with E-state index < -0.39 is 11.7 Å². The van der Waals surface area contributed by atoms with Gasteiger partial charge in [-0.1, -0.05) is 6.92 Å². The van der Waals surface area contributed by atoms with Crippen LogP contribution in [0, 0.1) is 5.21 Å². The van der Waals surface area contributed by atoms with Crippen molar-refractivity contribution in [2.45, 2.75) is 46.1 Å². The van der Waals surface area contributed by atoms with E-state index in [-0.39, 0.29) is 6.61 Å². The molecule has 0 bridgehead atoms. The Morgan fingerprint density at radius 2 is 2.14 bits per heavy atom. The molecule has 7 nitrogen and oxygen atoms in total. The maximum Gasteiger partial charge on any atom is 0.407 e. The highest BCUT2D eigenvalue weighted by Crippen LogP contribution is 2.30. The fourth-order valence-electron chi connectivity index (χ4n) is 2.77. The topological polar surface area (TPSA) is 87.4 Å². The molecular formula is C20H25N3O4S. The van der Waals surface area contributed by atoms with E-state index in [1.165, 1.54) is 6.20 Å². The standard InChI is InChI=1S/C20H25N3O4S/c1-5-6-17-22-15-12-23(25)16-11-13(7-8-14(16)18(15)28-17)26-10-9-21-19(24)27-20(2,3)4/h7-8,11-12H,5-6,9-10H2,1-4H3,(H,21,24). The van der Waals surface area contributed by atoms with Crippen molar-refractivity contribution in [1.29, 1.82) is 0 Å². The van der Waals surface area contributed by atoms with E-state index in [0.29, 0.717) is 17.8 Å². The van der Waals surface area contributed by atoms with Crippen molar-refractivity contribution >= 4 is 38.5 Å². The number of nitrogens with zero attached hydrogens (tertiary/aromatic N) is 2. The van der Waals surface area contributed by atoms with E-state index in [9.17, 15) is 10.0 Å². The van der Waals surface area contributed by atoms with Crippen LogP contribution in [0.5, 0.6) is 5.75 Å². The molecule has 0 saturated carbocycles. The number of fused-ring (bicyclic) bond motifs is 3. The van der Waals surface area contributed by atoms with Crippen LogP contribution in [0.3, 0.4) is 0 Å². The highest BCUT2D eigenvalue weighted by Gasteiger charge is 2.16. The van der Waals surface area contributed by atoms with Gasteiger partial charge < -0.3 is 20.0 Å². The lowest BCUT2D eigenvalue weighted by molar-refractivity contribution is -0.575. The zero-order chi connectivity index (χ0) is 20.3. The van der Waals surface area contributed by atoms with E-state index >= 15 is 0 Å². The summed E-state index contributed by atoms with van der Waals surface area (Å²) in [7, 11) is 0. The van der Waals surface area contributed by atoms with E-state index in [0.717, 1.165) is 38.2 Å². The molecule has 0 unspecified atom stereocenters.